The Bertz CT molecular complexity index is 899. The van der Waals surface area contributed by atoms with Gasteiger partial charge in [0, 0.05) is 5.39 Å². The highest BCUT2D eigenvalue weighted by Gasteiger charge is 2.17. The average molecular weight is 314 g/mol. The highest BCUT2D eigenvalue weighted by molar-refractivity contribution is 7.12. The summed E-state index contributed by atoms with van der Waals surface area (Å²) in [5.41, 5.74) is -0.406. The van der Waals surface area contributed by atoms with Crippen LogP contribution in [0.15, 0.2) is 46.6 Å². The summed E-state index contributed by atoms with van der Waals surface area (Å²) in [4.78, 5) is 36.1. The van der Waals surface area contributed by atoms with Gasteiger partial charge in [-0.2, -0.15) is 5.10 Å². The molecule has 0 fully saturated rings. The van der Waals surface area contributed by atoms with Crippen LogP contribution in [0.3, 0.4) is 0 Å². The zero-order valence-electron chi connectivity index (χ0n) is 11.2. The summed E-state index contributed by atoms with van der Waals surface area (Å²) in [6.07, 6.45) is 0. The number of nitrogens with zero attached hydrogens (tertiary/aromatic N) is 1. The molecule has 110 valence electrons. The van der Waals surface area contributed by atoms with E-state index in [2.05, 4.69) is 10.2 Å². The van der Waals surface area contributed by atoms with Crippen LogP contribution in [0.25, 0.3) is 10.8 Å². The molecule has 1 aromatic carbocycles. The number of benzene rings is 1. The Morgan fingerprint density at radius 1 is 1.14 bits per heavy atom. The van der Waals surface area contributed by atoms with Crippen LogP contribution in [0.1, 0.15) is 20.2 Å². The molecule has 0 spiro atoms. The van der Waals surface area contributed by atoms with Crippen LogP contribution in [-0.4, -0.2) is 28.6 Å². The second-order valence-corrected chi connectivity index (χ2v) is 5.37. The molecule has 0 aliphatic heterocycles. The molecule has 2 aromatic heterocycles. The smallest absolute Gasteiger partial charge is 0.359 e. The van der Waals surface area contributed by atoms with Crippen molar-refractivity contribution in [2.75, 3.05) is 6.61 Å². The molecule has 0 radical (unpaired) electrons. The largest absolute Gasteiger partial charge is 0.452 e. The third kappa shape index (κ3) is 2.66. The molecule has 3 aromatic rings. The van der Waals surface area contributed by atoms with E-state index >= 15 is 0 Å². The van der Waals surface area contributed by atoms with Gasteiger partial charge in [-0.05, 0) is 17.5 Å². The van der Waals surface area contributed by atoms with Gasteiger partial charge >= 0.3 is 5.97 Å². The Morgan fingerprint density at radius 3 is 2.64 bits per heavy atom. The Balaban J connectivity index is 1.83. The van der Waals surface area contributed by atoms with Gasteiger partial charge in [-0.3, -0.25) is 9.59 Å². The maximum Gasteiger partial charge on any atom is 0.359 e. The van der Waals surface area contributed by atoms with E-state index in [-0.39, 0.29) is 23.6 Å². The van der Waals surface area contributed by atoms with Crippen LogP contribution in [0.5, 0.6) is 0 Å². The Kier molecular flexibility index (Phi) is 3.80. The summed E-state index contributed by atoms with van der Waals surface area (Å²) < 4.78 is 5.00. The number of rotatable bonds is 4. The molecule has 0 bridgehead atoms. The van der Waals surface area contributed by atoms with Gasteiger partial charge in [0.2, 0.25) is 5.78 Å². The fourth-order valence-corrected chi connectivity index (χ4v) is 2.63. The molecule has 22 heavy (non-hydrogen) atoms. The summed E-state index contributed by atoms with van der Waals surface area (Å²) >= 11 is 1.28. The monoisotopic (exact) mass is 314 g/mol. The van der Waals surface area contributed by atoms with Crippen molar-refractivity contribution in [3.05, 3.63) is 62.7 Å². The van der Waals surface area contributed by atoms with Gasteiger partial charge < -0.3 is 4.74 Å². The summed E-state index contributed by atoms with van der Waals surface area (Å²) in [5, 5.41) is 8.48. The van der Waals surface area contributed by atoms with E-state index in [1.165, 1.54) is 11.3 Å². The van der Waals surface area contributed by atoms with Gasteiger partial charge in [0.05, 0.1) is 10.3 Å². The quantitative estimate of drug-likeness (QED) is 0.588. The number of carbonyl (C=O) groups is 2. The fraction of sp³-hybridized carbons (Fsp3) is 0.0667. The molecule has 7 heteroatoms. The highest BCUT2D eigenvalue weighted by atomic mass is 32.1. The van der Waals surface area contributed by atoms with E-state index in [1.807, 2.05) is 0 Å². The number of hydrogen-bond donors (Lipinski definition) is 1. The lowest BCUT2D eigenvalue weighted by Gasteiger charge is -2.05. The minimum absolute atomic E-state index is 0.0193. The minimum atomic E-state index is -0.752. The molecule has 0 atom stereocenters. The molecule has 0 saturated carbocycles. The number of aromatic amines is 1. The fourth-order valence-electron chi connectivity index (χ4n) is 1.98. The third-order valence-electron chi connectivity index (χ3n) is 3.02. The van der Waals surface area contributed by atoms with Gasteiger partial charge in [0.1, 0.15) is 0 Å². The van der Waals surface area contributed by atoms with Gasteiger partial charge in [0.25, 0.3) is 5.56 Å². The van der Waals surface area contributed by atoms with E-state index in [9.17, 15) is 14.4 Å². The Hall–Kier alpha value is -2.80. The van der Waals surface area contributed by atoms with Gasteiger partial charge in [0.15, 0.2) is 12.3 Å². The van der Waals surface area contributed by atoms with Gasteiger partial charge in [-0.25, -0.2) is 9.89 Å². The molecule has 3 rings (SSSR count). The summed E-state index contributed by atoms with van der Waals surface area (Å²) in [5.74, 6) is -1.03. The molecule has 0 amide bonds. The minimum Gasteiger partial charge on any atom is -0.452 e. The van der Waals surface area contributed by atoms with E-state index in [4.69, 9.17) is 4.74 Å². The van der Waals surface area contributed by atoms with E-state index in [0.29, 0.717) is 15.6 Å². The first-order chi connectivity index (χ1) is 10.7. The maximum atomic E-state index is 12.1. The average Bonchev–Trinajstić information content (AvgIpc) is 3.07. The first-order valence-electron chi connectivity index (χ1n) is 6.38. The lowest BCUT2D eigenvalue weighted by atomic mass is 10.1. The second-order valence-electron chi connectivity index (χ2n) is 4.42. The van der Waals surface area contributed by atoms with Crippen molar-refractivity contribution in [1.29, 1.82) is 0 Å². The zero-order valence-corrected chi connectivity index (χ0v) is 12.1. The number of esters is 1. The molecular weight excluding hydrogens is 304 g/mol. The first kappa shape index (κ1) is 14.2. The van der Waals surface area contributed by atoms with Crippen LogP contribution in [0.2, 0.25) is 0 Å². The number of hydrogen-bond acceptors (Lipinski definition) is 6. The highest BCUT2D eigenvalue weighted by Crippen LogP contribution is 2.14. The molecule has 6 nitrogen and oxygen atoms in total. The zero-order chi connectivity index (χ0) is 15.5. The number of H-pyrrole nitrogens is 1. The third-order valence-corrected chi connectivity index (χ3v) is 3.93. The molecule has 0 aliphatic rings. The number of aromatic nitrogens is 2. The molecule has 2 heterocycles. The van der Waals surface area contributed by atoms with E-state index in [0.717, 1.165) is 0 Å². The van der Waals surface area contributed by atoms with Crippen LogP contribution < -0.4 is 5.56 Å². The van der Waals surface area contributed by atoms with Crippen molar-refractivity contribution in [3.63, 3.8) is 0 Å². The second kappa shape index (κ2) is 5.90. The molecular formula is C15H10N2O4S. The van der Waals surface area contributed by atoms with E-state index < -0.39 is 5.97 Å². The molecule has 0 unspecified atom stereocenters. The number of fused-ring (bicyclic) bond motifs is 1. The molecule has 0 aliphatic carbocycles. The number of Topliss-reactive ketones (excluding diaryl/α,β-unsaturated/α-hetero) is 1. The predicted octanol–water partition coefficient (Wildman–Crippen LogP) is 2.02. The summed E-state index contributed by atoms with van der Waals surface area (Å²) in [6, 6.07) is 9.98. The Morgan fingerprint density at radius 2 is 1.91 bits per heavy atom. The van der Waals surface area contributed by atoms with Gasteiger partial charge in [-0.15, -0.1) is 11.3 Å². The molecule has 1 N–H and O–H groups in total. The predicted molar refractivity (Wildman–Crippen MR) is 81.3 cm³/mol. The van der Waals surface area contributed by atoms with E-state index in [1.54, 1.807) is 41.8 Å². The van der Waals surface area contributed by atoms with Crippen molar-refractivity contribution < 1.29 is 14.3 Å². The van der Waals surface area contributed by atoms with Crippen molar-refractivity contribution in [2.45, 2.75) is 0 Å². The van der Waals surface area contributed by atoms with Gasteiger partial charge in [-0.1, -0.05) is 24.3 Å². The van der Waals surface area contributed by atoms with Crippen molar-refractivity contribution in [3.8, 4) is 0 Å². The SMILES string of the molecule is O=C(COC(=O)c1n[nH]c(=O)c2ccccc12)c1cccs1. The Labute approximate surface area is 128 Å². The number of carbonyl (C=O) groups excluding carboxylic acids is 2. The van der Waals surface area contributed by atoms with Crippen molar-refractivity contribution in [1.82, 2.24) is 10.2 Å². The van der Waals surface area contributed by atoms with Crippen LogP contribution >= 0.6 is 11.3 Å². The number of nitrogens with one attached hydrogen (secondary N) is 1. The normalized spacial score (nSPS) is 10.5. The maximum absolute atomic E-state index is 12.1. The number of ketones is 1. The van der Waals surface area contributed by atoms with Crippen LogP contribution in [-0.2, 0) is 4.74 Å². The first-order valence-corrected chi connectivity index (χ1v) is 7.26. The standard InChI is InChI=1S/C15H10N2O4S/c18-11(12-6-3-7-22-12)8-21-15(20)13-9-4-1-2-5-10(9)14(19)17-16-13/h1-7H,8H2,(H,17,19). The number of ether oxygens (including phenoxy) is 1. The van der Waals surface area contributed by atoms with Crippen LogP contribution in [0.4, 0.5) is 0 Å². The lowest BCUT2D eigenvalue weighted by Crippen LogP contribution is -2.18. The summed E-state index contributed by atoms with van der Waals surface area (Å²) in [7, 11) is 0. The van der Waals surface area contributed by atoms with Crippen molar-refractivity contribution in [2.24, 2.45) is 0 Å². The topological polar surface area (TPSA) is 89.1 Å². The summed E-state index contributed by atoms with van der Waals surface area (Å²) in [6.45, 7) is -0.367. The molecule has 0 saturated heterocycles. The lowest BCUT2D eigenvalue weighted by molar-refractivity contribution is 0.0471. The van der Waals surface area contributed by atoms with Crippen molar-refractivity contribution >= 4 is 33.9 Å². The van der Waals surface area contributed by atoms with Crippen LogP contribution in [0, 0.1) is 0 Å². The number of thiophene rings is 1.